The third kappa shape index (κ3) is 3.48. The lowest BCUT2D eigenvalue weighted by atomic mass is 10.00. The summed E-state index contributed by atoms with van der Waals surface area (Å²) >= 11 is 1.63. The highest BCUT2D eigenvalue weighted by molar-refractivity contribution is 7.98. The molecule has 2 aromatic rings. The fourth-order valence-electron chi connectivity index (χ4n) is 2.15. The highest BCUT2D eigenvalue weighted by atomic mass is 32.2. The molecule has 2 aromatic carbocycles. The number of hydrogen-bond donors (Lipinski definition) is 0. The molecule has 0 atom stereocenters. The van der Waals surface area contributed by atoms with Gasteiger partial charge in [0.1, 0.15) is 0 Å². The molecule has 0 aliphatic heterocycles. The van der Waals surface area contributed by atoms with Crippen molar-refractivity contribution in [2.75, 3.05) is 6.26 Å². The Morgan fingerprint density at radius 3 is 2.47 bits per heavy atom. The number of carbonyl (C=O) groups excluding carboxylic acids is 1. The maximum Gasteiger partial charge on any atom is 0.164 e. The predicted octanol–water partition coefficient (Wildman–Crippen LogP) is 4.53. The van der Waals surface area contributed by atoms with Crippen LogP contribution in [0.25, 0.3) is 0 Å². The van der Waals surface area contributed by atoms with Crippen molar-refractivity contribution in [3.8, 4) is 0 Å². The number of thioether (sulfide) groups is 1. The zero-order valence-corrected chi connectivity index (χ0v) is 12.2. The van der Waals surface area contributed by atoms with E-state index >= 15 is 0 Å². The van der Waals surface area contributed by atoms with E-state index in [1.54, 1.807) is 11.8 Å². The number of benzene rings is 2. The molecular weight excluding hydrogens is 252 g/mol. The van der Waals surface area contributed by atoms with Gasteiger partial charge in [-0.15, -0.1) is 11.8 Å². The molecule has 0 bridgehead atoms. The van der Waals surface area contributed by atoms with Crippen LogP contribution >= 0.6 is 11.8 Å². The van der Waals surface area contributed by atoms with Gasteiger partial charge in [0.25, 0.3) is 0 Å². The number of hydrogen-bond acceptors (Lipinski definition) is 2. The molecule has 2 heteroatoms. The van der Waals surface area contributed by atoms with Gasteiger partial charge in [-0.3, -0.25) is 4.79 Å². The summed E-state index contributed by atoms with van der Waals surface area (Å²) in [7, 11) is 0. The van der Waals surface area contributed by atoms with E-state index in [2.05, 4.69) is 19.1 Å². The van der Waals surface area contributed by atoms with E-state index in [0.29, 0.717) is 6.42 Å². The van der Waals surface area contributed by atoms with Gasteiger partial charge in [0.05, 0.1) is 0 Å². The zero-order chi connectivity index (χ0) is 13.7. The lowest BCUT2D eigenvalue weighted by Crippen LogP contribution is -2.03. The molecule has 0 unspecified atom stereocenters. The fourth-order valence-corrected chi connectivity index (χ4v) is 2.76. The number of carbonyl (C=O) groups is 1. The molecule has 0 aromatic heterocycles. The fraction of sp³-hybridized carbons (Fsp3) is 0.235. The third-order valence-electron chi connectivity index (χ3n) is 3.29. The Kier molecular flexibility index (Phi) is 4.80. The lowest BCUT2D eigenvalue weighted by molar-refractivity contribution is 0.0980. The summed E-state index contributed by atoms with van der Waals surface area (Å²) in [4.78, 5) is 13.4. The number of Topliss-reactive ketones (excluding diaryl/α,β-unsaturated/α-hetero) is 1. The van der Waals surface area contributed by atoms with E-state index in [0.717, 1.165) is 16.9 Å². The maximum atomic E-state index is 12.3. The summed E-state index contributed by atoms with van der Waals surface area (Å²) in [5, 5.41) is 0. The Hall–Kier alpha value is -1.54. The molecule has 2 rings (SSSR count). The molecule has 0 spiro atoms. The van der Waals surface area contributed by atoms with Crippen molar-refractivity contribution in [3.05, 3.63) is 65.2 Å². The van der Waals surface area contributed by atoms with Gasteiger partial charge in [-0.25, -0.2) is 0 Å². The minimum atomic E-state index is 0.230. The van der Waals surface area contributed by atoms with E-state index in [4.69, 9.17) is 0 Å². The van der Waals surface area contributed by atoms with E-state index in [9.17, 15) is 4.79 Å². The molecule has 0 aliphatic carbocycles. The lowest BCUT2D eigenvalue weighted by Gasteiger charge is -2.07. The van der Waals surface area contributed by atoms with Gasteiger partial charge in [-0.1, -0.05) is 42.5 Å². The average molecular weight is 270 g/mol. The molecule has 0 aliphatic rings. The van der Waals surface area contributed by atoms with Gasteiger partial charge >= 0.3 is 0 Å². The molecule has 0 saturated carbocycles. The molecule has 0 saturated heterocycles. The molecule has 19 heavy (non-hydrogen) atoms. The number of ketones is 1. The topological polar surface area (TPSA) is 17.1 Å². The van der Waals surface area contributed by atoms with Crippen molar-refractivity contribution in [3.63, 3.8) is 0 Å². The van der Waals surface area contributed by atoms with E-state index in [-0.39, 0.29) is 5.78 Å². The molecule has 0 fully saturated rings. The Morgan fingerprint density at radius 2 is 1.74 bits per heavy atom. The van der Waals surface area contributed by atoms with Gasteiger partial charge in [0.15, 0.2) is 5.78 Å². The first kappa shape index (κ1) is 13.9. The Balaban J connectivity index is 2.08. The first-order chi connectivity index (χ1) is 9.22. The van der Waals surface area contributed by atoms with Crippen LogP contribution in [0.1, 0.15) is 27.9 Å². The van der Waals surface area contributed by atoms with E-state index in [1.807, 2.05) is 42.7 Å². The highest BCUT2D eigenvalue weighted by Crippen LogP contribution is 2.22. The monoisotopic (exact) mass is 270 g/mol. The molecule has 0 heterocycles. The van der Waals surface area contributed by atoms with Crippen LogP contribution in [0.5, 0.6) is 0 Å². The second kappa shape index (κ2) is 6.58. The predicted molar refractivity (Wildman–Crippen MR) is 82.1 cm³/mol. The largest absolute Gasteiger partial charge is 0.294 e. The molecule has 0 amide bonds. The van der Waals surface area contributed by atoms with Crippen LogP contribution in [0.15, 0.2) is 53.4 Å². The second-order valence-electron chi connectivity index (χ2n) is 4.55. The number of aryl methyl sites for hydroxylation is 2. The Morgan fingerprint density at radius 1 is 1.05 bits per heavy atom. The van der Waals surface area contributed by atoms with Gasteiger partial charge in [0.2, 0.25) is 0 Å². The van der Waals surface area contributed by atoms with Gasteiger partial charge < -0.3 is 0 Å². The van der Waals surface area contributed by atoms with Gasteiger partial charge in [0, 0.05) is 16.9 Å². The molecule has 1 nitrogen and oxygen atoms in total. The van der Waals surface area contributed by atoms with Gasteiger partial charge in [-0.2, -0.15) is 0 Å². The molecule has 0 radical (unpaired) electrons. The average Bonchev–Trinajstić information content (AvgIpc) is 2.46. The Labute approximate surface area is 119 Å². The molecule has 98 valence electrons. The maximum absolute atomic E-state index is 12.3. The van der Waals surface area contributed by atoms with Crippen molar-refractivity contribution < 1.29 is 4.79 Å². The summed E-state index contributed by atoms with van der Waals surface area (Å²) in [6.07, 6.45) is 3.39. The van der Waals surface area contributed by atoms with Crippen LogP contribution < -0.4 is 0 Å². The standard InChI is InChI=1S/C17H18OS/c1-13-7-3-4-8-14(13)11-12-16(18)15-9-5-6-10-17(15)19-2/h3-10H,11-12H2,1-2H3. The van der Waals surface area contributed by atoms with Crippen LogP contribution in [0.3, 0.4) is 0 Å². The summed E-state index contributed by atoms with van der Waals surface area (Å²) in [5.41, 5.74) is 3.37. The van der Waals surface area contributed by atoms with E-state index in [1.165, 1.54) is 11.1 Å². The van der Waals surface area contributed by atoms with Crippen LogP contribution in [-0.4, -0.2) is 12.0 Å². The second-order valence-corrected chi connectivity index (χ2v) is 5.40. The zero-order valence-electron chi connectivity index (χ0n) is 11.3. The SMILES string of the molecule is CSc1ccccc1C(=O)CCc1ccccc1C. The van der Waals surface area contributed by atoms with Crippen LogP contribution in [-0.2, 0) is 6.42 Å². The van der Waals surface area contributed by atoms with Crippen molar-refractivity contribution in [1.29, 1.82) is 0 Å². The van der Waals surface area contributed by atoms with Crippen LogP contribution in [0, 0.1) is 6.92 Å². The highest BCUT2D eigenvalue weighted by Gasteiger charge is 2.10. The van der Waals surface area contributed by atoms with Crippen LogP contribution in [0.2, 0.25) is 0 Å². The minimum Gasteiger partial charge on any atom is -0.294 e. The van der Waals surface area contributed by atoms with Crippen molar-refractivity contribution in [2.45, 2.75) is 24.7 Å². The normalized spacial score (nSPS) is 10.4. The first-order valence-corrected chi connectivity index (χ1v) is 7.65. The van der Waals surface area contributed by atoms with Crippen molar-refractivity contribution in [2.24, 2.45) is 0 Å². The first-order valence-electron chi connectivity index (χ1n) is 6.43. The van der Waals surface area contributed by atoms with E-state index < -0.39 is 0 Å². The number of rotatable bonds is 5. The van der Waals surface area contributed by atoms with Crippen molar-refractivity contribution >= 4 is 17.5 Å². The summed E-state index contributed by atoms with van der Waals surface area (Å²) < 4.78 is 0. The summed E-state index contributed by atoms with van der Waals surface area (Å²) in [6, 6.07) is 16.1. The Bertz CT molecular complexity index is 575. The summed E-state index contributed by atoms with van der Waals surface area (Å²) in [6.45, 7) is 2.09. The van der Waals surface area contributed by atoms with Gasteiger partial charge in [-0.05, 0) is 36.8 Å². The van der Waals surface area contributed by atoms with Crippen molar-refractivity contribution in [1.82, 2.24) is 0 Å². The van der Waals surface area contributed by atoms with Crippen LogP contribution in [0.4, 0.5) is 0 Å². The molecular formula is C17H18OS. The minimum absolute atomic E-state index is 0.230. The smallest absolute Gasteiger partial charge is 0.164 e. The summed E-state index contributed by atoms with van der Waals surface area (Å²) in [5.74, 6) is 0.230. The molecule has 0 N–H and O–H groups in total. The third-order valence-corrected chi connectivity index (χ3v) is 4.09. The quantitative estimate of drug-likeness (QED) is 0.586.